The number of aliphatic hydroxyl groups is 1. The van der Waals surface area contributed by atoms with E-state index in [9.17, 15) is 9.90 Å². The minimum atomic E-state index is -0.322. The fourth-order valence-electron chi connectivity index (χ4n) is 2.26. The highest BCUT2D eigenvalue weighted by molar-refractivity contribution is 9.10. The number of amides is 1. The SMILES string of the molecule is O=C(CCCc1ccccc1Br)N1CC[C@@H](O)C1. The van der Waals surface area contributed by atoms with Gasteiger partial charge in [0, 0.05) is 24.0 Å². The summed E-state index contributed by atoms with van der Waals surface area (Å²) in [6.45, 7) is 1.21. The first-order valence-corrected chi connectivity index (χ1v) is 7.15. The second kappa shape index (κ2) is 6.34. The zero-order chi connectivity index (χ0) is 13.0. The van der Waals surface area contributed by atoms with E-state index in [1.54, 1.807) is 4.90 Å². The molecule has 0 radical (unpaired) electrons. The van der Waals surface area contributed by atoms with Crippen molar-refractivity contribution in [2.45, 2.75) is 31.8 Å². The van der Waals surface area contributed by atoms with E-state index in [0.717, 1.165) is 23.7 Å². The number of carbonyl (C=O) groups is 1. The number of aliphatic hydroxyl groups excluding tert-OH is 1. The normalized spacial score (nSPS) is 19.2. The van der Waals surface area contributed by atoms with Gasteiger partial charge in [0.25, 0.3) is 0 Å². The van der Waals surface area contributed by atoms with Gasteiger partial charge in [-0.1, -0.05) is 34.1 Å². The smallest absolute Gasteiger partial charge is 0.222 e. The van der Waals surface area contributed by atoms with Crippen LogP contribution in [0.3, 0.4) is 0 Å². The highest BCUT2D eigenvalue weighted by Crippen LogP contribution is 2.18. The fourth-order valence-corrected chi connectivity index (χ4v) is 2.74. The molecule has 3 nitrogen and oxygen atoms in total. The van der Waals surface area contributed by atoms with Gasteiger partial charge in [0.1, 0.15) is 0 Å². The average Bonchev–Trinajstić information content (AvgIpc) is 2.78. The number of benzene rings is 1. The van der Waals surface area contributed by atoms with Crippen LogP contribution in [0.5, 0.6) is 0 Å². The Labute approximate surface area is 116 Å². The topological polar surface area (TPSA) is 40.5 Å². The number of halogens is 1. The van der Waals surface area contributed by atoms with E-state index in [2.05, 4.69) is 22.0 Å². The molecule has 0 aliphatic carbocycles. The Bertz CT molecular complexity index is 422. The van der Waals surface area contributed by atoms with Gasteiger partial charge in [0.15, 0.2) is 0 Å². The number of likely N-dealkylation sites (tertiary alicyclic amines) is 1. The Hall–Kier alpha value is -0.870. The van der Waals surface area contributed by atoms with Crippen molar-refractivity contribution in [1.82, 2.24) is 4.90 Å². The van der Waals surface area contributed by atoms with Crippen LogP contribution in [-0.4, -0.2) is 35.1 Å². The van der Waals surface area contributed by atoms with Crippen molar-refractivity contribution in [3.05, 3.63) is 34.3 Å². The zero-order valence-corrected chi connectivity index (χ0v) is 11.9. The molecule has 18 heavy (non-hydrogen) atoms. The van der Waals surface area contributed by atoms with Crippen molar-refractivity contribution in [3.8, 4) is 0 Å². The molecule has 1 aromatic rings. The summed E-state index contributed by atoms with van der Waals surface area (Å²) >= 11 is 3.51. The Kier molecular flexibility index (Phi) is 4.78. The summed E-state index contributed by atoms with van der Waals surface area (Å²) in [5.74, 6) is 0.165. The van der Waals surface area contributed by atoms with Gasteiger partial charge in [-0.2, -0.15) is 0 Å². The number of carbonyl (C=O) groups excluding carboxylic acids is 1. The summed E-state index contributed by atoms with van der Waals surface area (Å²) < 4.78 is 1.11. The molecule has 0 spiro atoms. The fraction of sp³-hybridized carbons (Fsp3) is 0.500. The van der Waals surface area contributed by atoms with Crippen LogP contribution in [0.4, 0.5) is 0 Å². The van der Waals surface area contributed by atoms with Crippen LogP contribution in [-0.2, 0) is 11.2 Å². The molecule has 0 unspecified atom stereocenters. The van der Waals surface area contributed by atoms with Crippen LogP contribution in [0, 0.1) is 0 Å². The largest absolute Gasteiger partial charge is 0.391 e. The molecular formula is C14H18BrNO2. The first kappa shape index (κ1) is 13.6. The molecule has 1 aliphatic heterocycles. The molecule has 1 atom stereocenters. The summed E-state index contributed by atoms with van der Waals surface area (Å²) in [7, 11) is 0. The molecule has 0 bridgehead atoms. The lowest BCUT2D eigenvalue weighted by molar-refractivity contribution is -0.130. The van der Waals surface area contributed by atoms with Gasteiger partial charge in [0.2, 0.25) is 5.91 Å². The van der Waals surface area contributed by atoms with Gasteiger partial charge < -0.3 is 10.0 Å². The molecule has 98 valence electrons. The molecule has 1 fully saturated rings. The summed E-state index contributed by atoms with van der Waals surface area (Å²) in [5.41, 5.74) is 1.24. The maximum Gasteiger partial charge on any atom is 0.222 e. The molecule has 4 heteroatoms. The van der Waals surface area contributed by atoms with Gasteiger partial charge in [-0.3, -0.25) is 4.79 Å². The van der Waals surface area contributed by atoms with Gasteiger partial charge in [0.05, 0.1) is 6.10 Å². The molecule has 0 saturated carbocycles. The first-order chi connectivity index (χ1) is 8.66. The highest BCUT2D eigenvalue weighted by atomic mass is 79.9. The number of nitrogens with zero attached hydrogens (tertiary/aromatic N) is 1. The van der Waals surface area contributed by atoms with Crippen molar-refractivity contribution >= 4 is 21.8 Å². The van der Waals surface area contributed by atoms with Gasteiger partial charge in [-0.05, 0) is 30.9 Å². The Balaban J connectivity index is 1.75. The minimum Gasteiger partial charge on any atom is -0.391 e. The second-order valence-electron chi connectivity index (χ2n) is 4.73. The summed E-state index contributed by atoms with van der Waals surface area (Å²) in [4.78, 5) is 13.6. The maximum atomic E-state index is 11.9. The van der Waals surface area contributed by atoms with Crippen LogP contribution < -0.4 is 0 Å². The lowest BCUT2D eigenvalue weighted by Crippen LogP contribution is -2.29. The Morgan fingerprint density at radius 1 is 1.44 bits per heavy atom. The van der Waals surface area contributed by atoms with E-state index in [4.69, 9.17) is 0 Å². The van der Waals surface area contributed by atoms with Crippen molar-refractivity contribution in [1.29, 1.82) is 0 Å². The van der Waals surface area contributed by atoms with Crippen LogP contribution in [0.15, 0.2) is 28.7 Å². The Morgan fingerprint density at radius 3 is 2.89 bits per heavy atom. The van der Waals surface area contributed by atoms with E-state index in [1.165, 1.54) is 5.56 Å². The van der Waals surface area contributed by atoms with Gasteiger partial charge in [-0.25, -0.2) is 0 Å². The van der Waals surface area contributed by atoms with E-state index in [1.807, 2.05) is 18.2 Å². The third-order valence-electron chi connectivity index (χ3n) is 3.31. The number of β-amino-alcohol motifs (C(OH)–C–C–N with tert-alkyl or cyclic N) is 1. The summed E-state index contributed by atoms with van der Waals surface area (Å²) in [6, 6.07) is 8.10. The van der Waals surface area contributed by atoms with Crippen LogP contribution >= 0.6 is 15.9 Å². The number of hydrogen-bond acceptors (Lipinski definition) is 2. The molecule has 1 amide bonds. The molecule has 2 rings (SSSR count). The van der Waals surface area contributed by atoms with E-state index < -0.39 is 0 Å². The van der Waals surface area contributed by atoms with E-state index in [-0.39, 0.29) is 12.0 Å². The number of hydrogen-bond donors (Lipinski definition) is 1. The molecule has 1 saturated heterocycles. The second-order valence-corrected chi connectivity index (χ2v) is 5.58. The molecule has 1 heterocycles. The molecule has 1 aromatic carbocycles. The Morgan fingerprint density at radius 2 is 2.22 bits per heavy atom. The first-order valence-electron chi connectivity index (χ1n) is 6.36. The van der Waals surface area contributed by atoms with Crippen LogP contribution in [0.1, 0.15) is 24.8 Å². The average molecular weight is 312 g/mol. The summed E-state index contributed by atoms with van der Waals surface area (Å²) in [6.07, 6.45) is 2.72. The van der Waals surface area contributed by atoms with E-state index >= 15 is 0 Å². The molecule has 1 aliphatic rings. The number of aryl methyl sites for hydroxylation is 1. The zero-order valence-electron chi connectivity index (χ0n) is 10.3. The number of rotatable bonds is 4. The predicted octanol–water partition coefficient (Wildman–Crippen LogP) is 2.37. The van der Waals surface area contributed by atoms with Crippen LogP contribution in [0.2, 0.25) is 0 Å². The monoisotopic (exact) mass is 311 g/mol. The standard InChI is InChI=1S/C14H18BrNO2/c15-13-6-2-1-4-11(13)5-3-7-14(18)16-9-8-12(17)10-16/h1-2,4,6,12,17H,3,5,7-10H2/t12-/m1/s1. The third-order valence-corrected chi connectivity index (χ3v) is 4.08. The minimum absolute atomic E-state index is 0.165. The maximum absolute atomic E-state index is 11.9. The molecular weight excluding hydrogens is 294 g/mol. The van der Waals surface area contributed by atoms with Gasteiger partial charge in [-0.15, -0.1) is 0 Å². The lowest BCUT2D eigenvalue weighted by Gasteiger charge is -2.15. The molecule has 1 N–H and O–H groups in total. The van der Waals surface area contributed by atoms with Crippen molar-refractivity contribution in [2.24, 2.45) is 0 Å². The third kappa shape index (κ3) is 3.56. The lowest BCUT2D eigenvalue weighted by atomic mass is 10.1. The van der Waals surface area contributed by atoms with Gasteiger partial charge >= 0.3 is 0 Å². The predicted molar refractivity (Wildman–Crippen MR) is 74.3 cm³/mol. The van der Waals surface area contributed by atoms with Crippen molar-refractivity contribution in [3.63, 3.8) is 0 Å². The van der Waals surface area contributed by atoms with Crippen molar-refractivity contribution in [2.75, 3.05) is 13.1 Å². The van der Waals surface area contributed by atoms with Crippen LogP contribution in [0.25, 0.3) is 0 Å². The van der Waals surface area contributed by atoms with E-state index in [0.29, 0.717) is 19.5 Å². The summed E-state index contributed by atoms with van der Waals surface area (Å²) in [5, 5.41) is 9.39. The van der Waals surface area contributed by atoms with Crippen molar-refractivity contribution < 1.29 is 9.90 Å². The highest BCUT2D eigenvalue weighted by Gasteiger charge is 2.23. The quantitative estimate of drug-likeness (QED) is 0.927. The molecule has 0 aromatic heterocycles.